The molecule has 0 aromatic heterocycles. The quantitative estimate of drug-likeness (QED) is 0.741. The van der Waals surface area contributed by atoms with Crippen LogP contribution in [0.5, 0.6) is 0 Å². The Bertz CT molecular complexity index is 708. The molecular weight excluding hydrogens is 338 g/mol. The summed E-state index contributed by atoms with van der Waals surface area (Å²) in [5, 5.41) is 0. The van der Waals surface area contributed by atoms with Gasteiger partial charge in [-0.2, -0.15) is 11.8 Å². The van der Waals surface area contributed by atoms with E-state index in [0.29, 0.717) is 5.75 Å². The third-order valence-corrected chi connectivity index (χ3v) is 4.91. The highest BCUT2D eigenvalue weighted by molar-refractivity contribution is 7.98. The first-order valence-electron chi connectivity index (χ1n) is 7.99. The lowest BCUT2D eigenvalue weighted by molar-refractivity contribution is -0.138. The fourth-order valence-corrected chi connectivity index (χ4v) is 3.53. The third kappa shape index (κ3) is 4.76. The molecule has 1 atom stereocenters. The zero-order valence-corrected chi connectivity index (χ0v) is 14.5. The first kappa shape index (κ1) is 17.4. The Morgan fingerprint density at radius 2 is 1.72 bits per heavy atom. The Morgan fingerprint density at radius 1 is 1.08 bits per heavy atom. The van der Waals surface area contributed by atoms with Gasteiger partial charge in [0, 0.05) is 11.5 Å². The number of hydrogen-bond acceptors (Lipinski definition) is 5. The number of nitrogens with zero attached hydrogens (tertiary/aromatic N) is 1. The lowest BCUT2D eigenvalue weighted by atomic mass is 10.2. The smallest absolute Gasteiger partial charge is 0.413 e. The zero-order valence-electron chi connectivity index (χ0n) is 13.7. The van der Waals surface area contributed by atoms with Crippen LogP contribution in [-0.2, 0) is 26.6 Å². The summed E-state index contributed by atoms with van der Waals surface area (Å²) in [6.07, 6.45) is -0.528. The van der Waals surface area contributed by atoms with Gasteiger partial charge in [-0.15, -0.1) is 0 Å². The van der Waals surface area contributed by atoms with E-state index in [-0.39, 0.29) is 19.3 Å². The van der Waals surface area contributed by atoms with Crippen molar-refractivity contribution in [2.24, 2.45) is 0 Å². The van der Waals surface area contributed by atoms with Crippen molar-refractivity contribution in [1.29, 1.82) is 0 Å². The summed E-state index contributed by atoms with van der Waals surface area (Å²) in [7, 11) is 0. The molecule has 0 spiro atoms. The van der Waals surface area contributed by atoms with E-state index in [1.807, 2.05) is 60.7 Å². The molecule has 0 N–H and O–H groups in total. The van der Waals surface area contributed by atoms with E-state index in [1.54, 1.807) is 11.8 Å². The van der Waals surface area contributed by atoms with E-state index >= 15 is 0 Å². The van der Waals surface area contributed by atoms with Gasteiger partial charge in [-0.1, -0.05) is 60.7 Å². The molecule has 1 saturated heterocycles. The lowest BCUT2D eigenvalue weighted by Crippen LogP contribution is -2.40. The summed E-state index contributed by atoms with van der Waals surface area (Å²) in [4.78, 5) is 25.5. The van der Waals surface area contributed by atoms with Crippen LogP contribution >= 0.6 is 11.8 Å². The highest BCUT2D eigenvalue weighted by Crippen LogP contribution is 2.20. The van der Waals surface area contributed by atoms with E-state index in [2.05, 4.69) is 0 Å². The highest BCUT2D eigenvalue weighted by Gasteiger charge is 2.38. The number of thioether (sulfide) groups is 1. The minimum Gasteiger partial charge on any atom is -0.444 e. The molecule has 1 aliphatic rings. The number of ether oxygens (including phenoxy) is 2. The van der Waals surface area contributed by atoms with E-state index in [9.17, 15) is 9.59 Å². The van der Waals surface area contributed by atoms with Gasteiger partial charge < -0.3 is 9.47 Å². The second-order valence-corrected chi connectivity index (χ2v) is 6.65. The first-order valence-corrected chi connectivity index (χ1v) is 9.15. The fourth-order valence-electron chi connectivity index (χ4n) is 2.45. The molecule has 0 radical (unpaired) electrons. The Kier molecular flexibility index (Phi) is 5.95. The second-order valence-electron chi connectivity index (χ2n) is 5.62. The van der Waals surface area contributed by atoms with Crippen molar-refractivity contribution in [2.45, 2.75) is 18.4 Å². The van der Waals surface area contributed by atoms with Gasteiger partial charge in [0.1, 0.15) is 12.6 Å². The number of esters is 1. The topological polar surface area (TPSA) is 55.8 Å². The van der Waals surface area contributed by atoms with E-state index in [0.717, 1.165) is 11.3 Å². The molecule has 5 nitrogen and oxygen atoms in total. The second kappa shape index (κ2) is 8.58. The van der Waals surface area contributed by atoms with Crippen molar-refractivity contribution in [2.75, 3.05) is 12.5 Å². The van der Waals surface area contributed by atoms with Gasteiger partial charge in [0.15, 0.2) is 6.73 Å². The minimum absolute atomic E-state index is 0.0526. The van der Waals surface area contributed by atoms with Crippen LogP contribution < -0.4 is 0 Å². The fraction of sp³-hybridized carbons (Fsp3) is 0.263. The summed E-state index contributed by atoms with van der Waals surface area (Å²) in [5.74, 6) is 0.878. The van der Waals surface area contributed by atoms with Crippen molar-refractivity contribution in [3.8, 4) is 0 Å². The molecule has 130 valence electrons. The predicted molar refractivity (Wildman–Crippen MR) is 95.8 cm³/mol. The van der Waals surface area contributed by atoms with Gasteiger partial charge in [-0.25, -0.2) is 9.59 Å². The summed E-state index contributed by atoms with van der Waals surface area (Å²) < 4.78 is 10.3. The maximum Gasteiger partial charge on any atom is 0.413 e. The molecule has 3 rings (SSSR count). The number of benzene rings is 2. The van der Waals surface area contributed by atoms with Crippen LogP contribution in [0.4, 0.5) is 4.79 Å². The Balaban J connectivity index is 1.51. The third-order valence-electron chi connectivity index (χ3n) is 3.82. The van der Waals surface area contributed by atoms with Crippen molar-refractivity contribution < 1.29 is 19.1 Å². The molecule has 1 amide bonds. The van der Waals surface area contributed by atoms with E-state index < -0.39 is 12.1 Å². The predicted octanol–water partition coefficient (Wildman–Crippen LogP) is 3.44. The zero-order chi connectivity index (χ0) is 17.5. The maximum atomic E-state index is 12.3. The maximum absolute atomic E-state index is 12.3. The molecule has 6 heteroatoms. The van der Waals surface area contributed by atoms with Crippen LogP contribution in [0.3, 0.4) is 0 Å². The van der Waals surface area contributed by atoms with Gasteiger partial charge in [0.05, 0.1) is 0 Å². The van der Waals surface area contributed by atoms with E-state index in [1.165, 1.54) is 10.5 Å². The van der Waals surface area contributed by atoms with Crippen LogP contribution in [0.25, 0.3) is 0 Å². The number of amides is 1. The number of hydrogen-bond donors (Lipinski definition) is 0. The van der Waals surface area contributed by atoms with E-state index in [4.69, 9.17) is 9.47 Å². The molecule has 1 fully saturated rings. The number of carbonyl (C=O) groups is 2. The number of cyclic esters (lactones) is 1. The Labute approximate surface area is 150 Å². The number of carbonyl (C=O) groups excluding carboxylic acids is 2. The average Bonchev–Trinajstić information content (AvgIpc) is 3.02. The molecule has 1 heterocycles. The van der Waals surface area contributed by atoms with Crippen molar-refractivity contribution >= 4 is 23.8 Å². The van der Waals surface area contributed by atoms with Gasteiger partial charge in [0.2, 0.25) is 0 Å². The summed E-state index contributed by atoms with van der Waals surface area (Å²) in [6.45, 7) is 0.122. The van der Waals surface area contributed by atoms with Crippen LogP contribution in [0.15, 0.2) is 60.7 Å². The largest absolute Gasteiger partial charge is 0.444 e. The van der Waals surface area contributed by atoms with Gasteiger partial charge in [0.25, 0.3) is 0 Å². The monoisotopic (exact) mass is 357 g/mol. The summed E-state index contributed by atoms with van der Waals surface area (Å²) in [6, 6.07) is 18.8. The molecule has 1 aliphatic heterocycles. The molecule has 0 saturated carbocycles. The summed E-state index contributed by atoms with van der Waals surface area (Å²) >= 11 is 1.59. The van der Waals surface area contributed by atoms with Gasteiger partial charge in [-0.3, -0.25) is 4.90 Å². The van der Waals surface area contributed by atoms with Crippen LogP contribution in [0.1, 0.15) is 11.1 Å². The molecule has 2 aromatic carbocycles. The number of rotatable bonds is 6. The lowest BCUT2D eigenvalue weighted by Gasteiger charge is -2.19. The van der Waals surface area contributed by atoms with Crippen molar-refractivity contribution in [3.63, 3.8) is 0 Å². The Hall–Kier alpha value is -2.47. The van der Waals surface area contributed by atoms with Crippen LogP contribution in [0, 0.1) is 0 Å². The van der Waals surface area contributed by atoms with Crippen molar-refractivity contribution in [1.82, 2.24) is 4.90 Å². The minimum atomic E-state index is -0.600. The molecule has 1 unspecified atom stereocenters. The average molecular weight is 357 g/mol. The Morgan fingerprint density at radius 3 is 2.40 bits per heavy atom. The summed E-state index contributed by atoms with van der Waals surface area (Å²) in [5.41, 5.74) is 2.08. The van der Waals surface area contributed by atoms with Gasteiger partial charge >= 0.3 is 12.1 Å². The van der Waals surface area contributed by atoms with Crippen LogP contribution in [0.2, 0.25) is 0 Å². The SMILES string of the molecule is O=C1OCN(C(=O)OCc2ccccc2)C1CSCc1ccccc1. The molecule has 0 aliphatic carbocycles. The highest BCUT2D eigenvalue weighted by atomic mass is 32.2. The van der Waals surface area contributed by atoms with Crippen molar-refractivity contribution in [3.05, 3.63) is 71.8 Å². The van der Waals surface area contributed by atoms with Gasteiger partial charge in [-0.05, 0) is 11.1 Å². The molecule has 25 heavy (non-hydrogen) atoms. The molecule has 2 aromatic rings. The first-order chi connectivity index (χ1) is 12.2. The normalized spacial score (nSPS) is 16.6. The molecule has 0 bridgehead atoms. The van der Waals surface area contributed by atoms with Crippen LogP contribution in [-0.4, -0.2) is 35.5 Å². The molecular formula is C19H19NO4S. The standard InChI is InChI=1S/C19H19NO4S/c21-18-17(13-25-12-16-9-5-2-6-10-16)20(14-24-18)19(22)23-11-15-7-3-1-4-8-15/h1-10,17H,11-14H2.